The minimum Gasteiger partial charge on any atom is -0.353 e. The molecule has 0 radical (unpaired) electrons. The summed E-state index contributed by atoms with van der Waals surface area (Å²) in [6.45, 7) is 9.49. The van der Waals surface area contributed by atoms with Crippen molar-refractivity contribution in [2.45, 2.75) is 53.0 Å². The van der Waals surface area contributed by atoms with Crippen molar-refractivity contribution in [3.05, 3.63) is 23.4 Å². The van der Waals surface area contributed by atoms with Crippen molar-refractivity contribution in [1.29, 1.82) is 5.26 Å². The van der Waals surface area contributed by atoms with Crippen molar-refractivity contribution in [2.75, 3.05) is 11.4 Å². The minimum absolute atomic E-state index is 0.415. The van der Waals surface area contributed by atoms with Gasteiger partial charge in [-0.05, 0) is 38.3 Å². The van der Waals surface area contributed by atoms with Crippen LogP contribution in [-0.2, 0) is 0 Å². The lowest BCUT2D eigenvalue weighted by Gasteiger charge is -2.30. The Labute approximate surface area is 110 Å². The molecule has 0 saturated carbocycles. The van der Waals surface area contributed by atoms with E-state index in [0.29, 0.717) is 11.6 Å². The standard InChI is InChI=1S/C15H23N3/c1-5-7-10-18(13(4)6-2)15-14(11-16)12(3)8-9-17-15/h8-9,13H,5-7,10H2,1-4H3. The lowest BCUT2D eigenvalue weighted by Crippen LogP contribution is -2.35. The predicted octanol–water partition coefficient (Wildman–Crippen LogP) is 3.67. The summed E-state index contributed by atoms with van der Waals surface area (Å²) in [5.41, 5.74) is 1.72. The number of nitriles is 1. The Morgan fingerprint density at radius 3 is 2.72 bits per heavy atom. The number of hydrogen-bond donors (Lipinski definition) is 0. The second-order valence-corrected chi connectivity index (χ2v) is 4.74. The molecule has 1 heterocycles. The van der Waals surface area contributed by atoms with Crippen molar-refractivity contribution in [2.24, 2.45) is 0 Å². The van der Waals surface area contributed by atoms with E-state index in [-0.39, 0.29) is 0 Å². The van der Waals surface area contributed by atoms with Crippen LogP contribution in [0.3, 0.4) is 0 Å². The third-order valence-electron chi connectivity index (χ3n) is 3.40. The van der Waals surface area contributed by atoms with Crippen molar-refractivity contribution < 1.29 is 0 Å². The number of rotatable bonds is 6. The fraction of sp³-hybridized carbons (Fsp3) is 0.600. The van der Waals surface area contributed by atoms with E-state index in [9.17, 15) is 5.26 Å². The molecule has 1 unspecified atom stereocenters. The summed E-state index contributed by atoms with van der Waals surface area (Å²) in [5.74, 6) is 0.848. The van der Waals surface area contributed by atoms with E-state index in [1.54, 1.807) is 6.20 Å². The molecule has 0 aliphatic rings. The molecule has 0 N–H and O–H groups in total. The molecule has 0 aliphatic carbocycles. The Morgan fingerprint density at radius 1 is 1.44 bits per heavy atom. The van der Waals surface area contributed by atoms with Gasteiger partial charge in [-0.25, -0.2) is 4.98 Å². The molecule has 0 bridgehead atoms. The molecule has 1 aromatic rings. The SMILES string of the molecule is CCCCN(c1nccc(C)c1C#N)C(C)CC. The molecule has 0 aliphatic heterocycles. The first-order valence-corrected chi connectivity index (χ1v) is 6.78. The van der Waals surface area contributed by atoms with Crippen LogP contribution in [0.1, 0.15) is 51.2 Å². The summed E-state index contributed by atoms with van der Waals surface area (Å²) in [6.07, 6.45) is 5.14. The zero-order chi connectivity index (χ0) is 13.5. The Kier molecular flexibility index (Phi) is 5.64. The van der Waals surface area contributed by atoms with Crippen LogP contribution in [-0.4, -0.2) is 17.6 Å². The average Bonchev–Trinajstić information content (AvgIpc) is 2.39. The van der Waals surface area contributed by atoms with Gasteiger partial charge in [0.25, 0.3) is 0 Å². The lowest BCUT2D eigenvalue weighted by atomic mass is 10.1. The average molecular weight is 245 g/mol. The van der Waals surface area contributed by atoms with Gasteiger partial charge in [0.05, 0.1) is 5.56 Å². The van der Waals surface area contributed by atoms with Crippen LogP contribution < -0.4 is 4.90 Å². The number of nitrogens with zero attached hydrogens (tertiary/aromatic N) is 3. The van der Waals surface area contributed by atoms with Gasteiger partial charge in [-0.15, -0.1) is 0 Å². The zero-order valence-electron chi connectivity index (χ0n) is 11.9. The molecule has 0 spiro atoms. The molecule has 18 heavy (non-hydrogen) atoms. The van der Waals surface area contributed by atoms with Gasteiger partial charge in [0.15, 0.2) is 0 Å². The molecule has 98 valence electrons. The van der Waals surface area contributed by atoms with Crippen molar-refractivity contribution >= 4 is 5.82 Å². The molecule has 1 rings (SSSR count). The Morgan fingerprint density at radius 2 is 2.17 bits per heavy atom. The maximum absolute atomic E-state index is 9.31. The molecule has 1 atom stereocenters. The molecule has 0 amide bonds. The molecule has 1 aromatic heterocycles. The quantitative estimate of drug-likeness (QED) is 0.767. The summed E-state index contributed by atoms with van der Waals surface area (Å²) in [7, 11) is 0. The molecule has 0 aromatic carbocycles. The van der Waals surface area contributed by atoms with Crippen LogP contribution in [0, 0.1) is 18.3 Å². The number of pyridine rings is 1. The highest BCUT2D eigenvalue weighted by molar-refractivity contribution is 5.57. The Hall–Kier alpha value is -1.56. The second-order valence-electron chi connectivity index (χ2n) is 4.74. The van der Waals surface area contributed by atoms with Crippen LogP contribution in [0.2, 0.25) is 0 Å². The van der Waals surface area contributed by atoms with E-state index in [1.165, 1.54) is 0 Å². The van der Waals surface area contributed by atoms with Gasteiger partial charge in [0, 0.05) is 18.8 Å². The van der Waals surface area contributed by atoms with Gasteiger partial charge in [-0.1, -0.05) is 20.3 Å². The first-order chi connectivity index (χ1) is 8.65. The number of aryl methyl sites for hydroxylation is 1. The highest BCUT2D eigenvalue weighted by Gasteiger charge is 2.18. The number of aromatic nitrogens is 1. The number of hydrogen-bond acceptors (Lipinski definition) is 3. The van der Waals surface area contributed by atoms with Gasteiger partial charge in [-0.3, -0.25) is 0 Å². The van der Waals surface area contributed by atoms with Crippen molar-refractivity contribution in [3.8, 4) is 6.07 Å². The molecule has 0 fully saturated rings. The molecule has 3 heteroatoms. The van der Waals surface area contributed by atoms with Crippen LogP contribution in [0.25, 0.3) is 0 Å². The van der Waals surface area contributed by atoms with E-state index in [0.717, 1.165) is 37.2 Å². The van der Waals surface area contributed by atoms with Crippen molar-refractivity contribution in [1.82, 2.24) is 4.98 Å². The maximum atomic E-state index is 9.31. The third-order valence-corrected chi connectivity index (χ3v) is 3.40. The van der Waals surface area contributed by atoms with E-state index in [1.807, 2.05) is 13.0 Å². The first kappa shape index (κ1) is 14.5. The van der Waals surface area contributed by atoms with Gasteiger partial charge < -0.3 is 4.90 Å². The second kappa shape index (κ2) is 7.00. The van der Waals surface area contributed by atoms with Gasteiger partial charge in [0.2, 0.25) is 0 Å². The van der Waals surface area contributed by atoms with E-state index >= 15 is 0 Å². The lowest BCUT2D eigenvalue weighted by molar-refractivity contribution is 0.589. The number of unbranched alkanes of at least 4 members (excludes halogenated alkanes) is 1. The Bertz CT molecular complexity index is 420. The number of anilines is 1. The molecule has 3 nitrogen and oxygen atoms in total. The monoisotopic (exact) mass is 245 g/mol. The summed E-state index contributed by atoms with van der Waals surface area (Å²) >= 11 is 0. The predicted molar refractivity (Wildman–Crippen MR) is 75.7 cm³/mol. The fourth-order valence-corrected chi connectivity index (χ4v) is 1.98. The van der Waals surface area contributed by atoms with Crippen molar-refractivity contribution in [3.63, 3.8) is 0 Å². The topological polar surface area (TPSA) is 39.9 Å². The highest BCUT2D eigenvalue weighted by Crippen LogP contribution is 2.23. The summed E-state index contributed by atoms with van der Waals surface area (Å²) in [6, 6.07) is 4.61. The molecular formula is C15H23N3. The zero-order valence-corrected chi connectivity index (χ0v) is 11.9. The maximum Gasteiger partial charge on any atom is 0.146 e. The van der Waals surface area contributed by atoms with Gasteiger partial charge >= 0.3 is 0 Å². The smallest absolute Gasteiger partial charge is 0.146 e. The third kappa shape index (κ3) is 3.22. The summed E-state index contributed by atoms with van der Waals surface area (Å²) < 4.78 is 0. The largest absolute Gasteiger partial charge is 0.353 e. The van der Waals surface area contributed by atoms with Crippen LogP contribution >= 0.6 is 0 Å². The molecule has 0 saturated heterocycles. The van der Waals surface area contributed by atoms with Crippen LogP contribution in [0.15, 0.2) is 12.3 Å². The minimum atomic E-state index is 0.415. The van der Waals surface area contributed by atoms with E-state index < -0.39 is 0 Å². The Balaban J connectivity index is 3.12. The van der Waals surface area contributed by atoms with Gasteiger partial charge in [0.1, 0.15) is 11.9 Å². The normalized spacial score (nSPS) is 11.9. The molecular weight excluding hydrogens is 222 g/mol. The van der Waals surface area contributed by atoms with Crippen LogP contribution in [0.4, 0.5) is 5.82 Å². The summed E-state index contributed by atoms with van der Waals surface area (Å²) in [5, 5.41) is 9.31. The highest BCUT2D eigenvalue weighted by atomic mass is 15.2. The van der Waals surface area contributed by atoms with Crippen LogP contribution in [0.5, 0.6) is 0 Å². The summed E-state index contributed by atoms with van der Waals surface area (Å²) in [4.78, 5) is 6.71. The van der Waals surface area contributed by atoms with E-state index in [2.05, 4.69) is 36.7 Å². The van der Waals surface area contributed by atoms with E-state index in [4.69, 9.17) is 0 Å². The van der Waals surface area contributed by atoms with Gasteiger partial charge in [-0.2, -0.15) is 5.26 Å². The first-order valence-electron chi connectivity index (χ1n) is 6.78. The fourth-order valence-electron chi connectivity index (χ4n) is 1.98.